The van der Waals surface area contributed by atoms with Crippen LogP contribution in [0.3, 0.4) is 0 Å². The number of hydrogen-bond donors (Lipinski definition) is 1. The van der Waals surface area contributed by atoms with Crippen molar-refractivity contribution in [2.24, 2.45) is 0 Å². The number of aliphatic hydroxyl groups is 1. The Morgan fingerprint density at radius 3 is 2.35 bits per heavy atom. The summed E-state index contributed by atoms with van der Waals surface area (Å²) in [6, 6.07) is 4.28. The molecule has 0 aromatic heterocycles. The predicted molar refractivity (Wildman–Crippen MR) is 70.7 cm³/mol. The normalized spacial score (nSPS) is 15.3. The van der Waals surface area contributed by atoms with Crippen LogP contribution in [0.25, 0.3) is 0 Å². The Kier molecular flexibility index (Phi) is 4.34. The van der Waals surface area contributed by atoms with E-state index in [9.17, 15) is 14.0 Å². The quantitative estimate of drug-likeness (QED) is 0.853. The third-order valence-corrected chi connectivity index (χ3v) is 3.46. The van der Waals surface area contributed by atoms with Crippen molar-refractivity contribution in [2.45, 2.75) is 6.92 Å². The summed E-state index contributed by atoms with van der Waals surface area (Å²) in [6.45, 7) is 2.76. The van der Waals surface area contributed by atoms with Crippen molar-refractivity contribution in [1.82, 2.24) is 9.80 Å². The van der Waals surface area contributed by atoms with E-state index < -0.39 is 6.61 Å². The molecule has 2 rings (SSSR count). The summed E-state index contributed by atoms with van der Waals surface area (Å²) >= 11 is 0. The molecule has 1 N–H and O–H groups in total. The first kappa shape index (κ1) is 14.5. The lowest BCUT2D eigenvalue weighted by Gasteiger charge is -2.34. The van der Waals surface area contributed by atoms with E-state index in [0.29, 0.717) is 37.3 Å². The van der Waals surface area contributed by atoms with Gasteiger partial charge >= 0.3 is 0 Å². The molecule has 20 heavy (non-hydrogen) atoms. The molecule has 0 radical (unpaired) electrons. The molecule has 0 spiro atoms. The third kappa shape index (κ3) is 2.96. The number of rotatable bonds is 2. The van der Waals surface area contributed by atoms with Crippen molar-refractivity contribution < 1.29 is 19.1 Å². The summed E-state index contributed by atoms with van der Waals surface area (Å²) in [5.74, 6) is -0.821. The topological polar surface area (TPSA) is 60.9 Å². The number of nitrogens with zero attached hydrogens (tertiary/aromatic N) is 2. The van der Waals surface area contributed by atoms with Gasteiger partial charge in [-0.05, 0) is 30.7 Å². The SMILES string of the molecule is Cc1cc(C(=O)N2CCN(C(=O)CO)CC2)ccc1F. The van der Waals surface area contributed by atoms with Gasteiger partial charge in [-0.25, -0.2) is 4.39 Å². The Labute approximate surface area is 116 Å². The highest BCUT2D eigenvalue weighted by Crippen LogP contribution is 2.13. The molecule has 1 heterocycles. The molecule has 1 fully saturated rings. The lowest BCUT2D eigenvalue weighted by Crippen LogP contribution is -2.51. The van der Waals surface area contributed by atoms with E-state index >= 15 is 0 Å². The van der Waals surface area contributed by atoms with E-state index in [4.69, 9.17) is 5.11 Å². The van der Waals surface area contributed by atoms with Crippen LogP contribution in [0.2, 0.25) is 0 Å². The maximum atomic E-state index is 13.2. The first-order valence-electron chi connectivity index (χ1n) is 6.47. The Morgan fingerprint density at radius 2 is 1.80 bits per heavy atom. The van der Waals surface area contributed by atoms with Crippen LogP contribution in [0.4, 0.5) is 4.39 Å². The number of aryl methyl sites for hydroxylation is 1. The Hall–Kier alpha value is -1.95. The van der Waals surface area contributed by atoms with E-state index in [2.05, 4.69) is 0 Å². The van der Waals surface area contributed by atoms with Crippen LogP contribution in [-0.4, -0.2) is 59.5 Å². The summed E-state index contributed by atoms with van der Waals surface area (Å²) in [5.41, 5.74) is 0.885. The van der Waals surface area contributed by atoms with E-state index in [0.717, 1.165) is 0 Å². The van der Waals surface area contributed by atoms with Gasteiger partial charge in [0.05, 0.1) is 0 Å². The van der Waals surface area contributed by atoms with Crippen LogP contribution in [0.5, 0.6) is 0 Å². The fourth-order valence-corrected chi connectivity index (χ4v) is 2.22. The van der Waals surface area contributed by atoms with Crippen molar-refractivity contribution in [3.05, 3.63) is 35.1 Å². The summed E-state index contributed by atoms with van der Waals surface area (Å²) < 4.78 is 13.2. The van der Waals surface area contributed by atoms with Gasteiger partial charge in [0.1, 0.15) is 12.4 Å². The van der Waals surface area contributed by atoms with Crippen LogP contribution in [-0.2, 0) is 4.79 Å². The molecule has 0 aliphatic carbocycles. The second-order valence-corrected chi connectivity index (χ2v) is 4.80. The molecule has 108 valence electrons. The molecule has 0 bridgehead atoms. The van der Waals surface area contributed by atoms with Gasteiger partial charge in [0, 0.05) is 31.7 Å². The van der Waals surface area contributed by atoms with Crippen molar-refractivity contribution in [3.8, 4) is 0 Å². The van der Waals surface area contributed by atoms with Gasteiger partial charge in [-0.1, -0.05) is 0 Å². The maximum absolute atomic E-state index is 13.2. The van der Waals surface area contributed by atoms with Gasteiger partial charge in [0.2, 0.25) is 5.91 Å². The second-order valence-electron chi connectivity index (χ2n) is 4.80. The Balaban J connectivity index is 2.01. The molecule has 1 aromatic carbocycles. The summed E-state index contributed by atoms with van der Waals surface area (Å²) in [4.78, 5) is 26.7. The lowest BCUT2D eigenvalue weighted by atomic mass is 10.1. The number of carbonyl (C=O) groups is 2. The lowest BCUT2D eigenvalue weighted by molar-refractivity contribution is -0.135. The largest absolute Gasteiger partial charge is 0.387 e. The van der Waals surface area contributed by atoms with Crippen molar-refractivity contribution >= 4 is 11.8 Å². The van der Waals surface area contributed by atoms with Crippen molar-refractivity contribution in [3.63, 3.8) is 0 Å². The number of carbonyl (C=O) groups excluding carboxylic acids is 2. The predicted octanol–water partition coefficient (Wildman–Crippen LogP) is 0.411. The number of benzene rings is 1. The number of aliphatic hydroxyl groups excluding tert-OH is 1. The monoisotopic (exact) mass is 280 g/mol. The minimum absolute atomic E-state index is 0.163. The molecule has 1 aromatic rings. The number of amides is 2. The molecule has 0 unspecified atom stereocenters. The Bertz CT molecular complexity index is 525. The van der Waals surface area contributed by atoms with E-state index in [-0.39, 0.29) is 17.6 Å². The van der Waals surface area contributed by atoms with Gasteiger partial charge < -0.3 is 14.9 Å². The molecule has 1 saturated heterocycles. The van der Waals surface area contributed by atoms with Gasteiger partial charge in [0.15, 0.2) is 0 Å². The van der Waals surface area contributed by atoms with E-state index in [1.165, 1.54) is 23.1 Å². The smallest absolute Gasteiger partial charge is 0.253 e. The fourth-order valence-electron chi connectivity index (χ4n) is 2.22. The summed E-state index contributed by atoms with van der Waals surface area (Å²) in [6.07, 6.45) is 0. The Morgan fingerprint density at radius 1 is 1.20 bits per heavy atom. The average Bonchev–Trinajstić information content (AvgIpc) is 2.48. The van der Waals surface area contributed by atoms with Crippen LogP contribution in [0, 0.1) is 12.7 Å². The van der Waals surface area contributed by atoms with Gasteiger partial charge in [-0.2, -0.15) is 0 Å². The highest BCUT2D eigenvalue weighted by molar-refractivity contribution is 5.94. The number of halogens is 1. The zero-order valence-corrected chi connectivity index (χ0v) is 11.3. The van der Waals surface area contributed by atoms with Crippen molar-refractivity contribution in [2.75, 3.05) is 32.8 Å². The van der Waals surface area contributed by atoms with Gasteiger partial charge in [-0.15, -0.1) is 0 Å². The second kappa shape index (κ2) is 6.00. The van der Waals surface area contributed by atoms with E-state index in [1.807, 2.05) is 0 Å². The molecule has 1 aliphatic heterocycles. The summed E-state index contributed by atoms with van der Waals surface area (Å²) in [5, 5.41) is 8.79. The first-order chi connectivity index (χ1) is 9.52. The molecule has 0 saturated carbocycles. The van der Waals surface area contributed by atoms with Gasteiger partial charge in [0.25, 0.3) is 5.91 Å². The third-order valence-electron chi connectivity index (χ3n) is 3.46. The van der Waals surface area contributed by atoms with Crippen LogP contribution in [0.1, 0.15) is 15.9 Å². The first-order valence-corrected chi connectivity index (χ1v) is 6.47. The average molecular weight is 280 g/mol. The standard InChI is InChI=1S/C14H17FN2O3/c1-10-8-11(2-3-12(10)15)14(20)17-6-4-16(5-7-17)13(19)9-18/h2-3,8,18H,4-7,9H2,1H3. The molecule has 0 atom stereocenters. The van der Waals surface area contributed by atoms with Crippen LogP contribution >= 0.6 is 0 Å². The molecule has 1 aliphatic rings. The zero-order chi connectivity index (χ0) is 14.7. The minimum atomic E-state index is -0.509. The molecule has 2 amide bonds. The highest BCUT2D eigenvalue weighted by atomic mass is 19.1. The zero-order valence-electron chi connectivity index (χ0n) is 11.3. The molecular formula is C14H17FN2O3. The van der Waals surface area contributed by atoms with Crippen LogP contribution < -0.4 is 0 Å². The number of piperazine rings is 1. The van der Waals surface area contributed by atoms with E-state index in [1.54, 1.807) is 11.8 Å². The van der Waals surface area contributed by atoms with Crippen LogP contribution in [0.15, 0.2) is 18.2 Å². The summed E-state index contributed by atoms with van der Waals surface area (Å²) in [7, 11) is 0. The van der Waals surface area contributed by atoms with Gasteiger partial charge in [-0.3, -0.25) is 9.59 Å². The van der Waals surface area contributed by atoms with Crippen molar-refractivity contribution in [1.29, 1.82) is 0 Å². The highest BCUT2D eigenvalue weighted by Gasteiger charge is 2.24. The molecular weight excluding hydrogens is 263 g/mol. The fraction of sp³-hybridized carbons (Fsp3) is 0.429. The number of hydrogen-bond acceptors (Lipinski definition) is 3. The minimum Gasteiger partial charge on any atom is -0.387 e. The maximum Gasteiger partial charge on any atom is 0.253 e. The molecule has 6 heteroatoms. The molecule has 5 nitrogen and oxygen atoms in total.